The van der Waals surface area contributed by atoms with Crippen LogP contribution in [0, 0.1) is 0 Å². The summed E-state index contributed by atoms with van der Waals surface area (Å²) >= 11 is 5.23. The molecule has 0 saturated carbocycles. The second kappa shape index (κ2) is 12.6. The van der Waals surface area contributed by atoms with Crippen molar-refractivity contribution in [1.29, 1.82) is 0 Å². The highest BCUT2D eigenvalue weighted by Gasteiger charge is 2.09. The van der Waals surface area contributed by atoms with Gasteiger partial charge < -0.3 is 14.8 Å². The molecule has 144 valence electrons. The zero-order valence-electron chi connectivity index (χ0n) is 15.6. The number of hydrogen-bond acceptors (Lipinski definition) is 5. The first-order chi connectivity index (χ1) is 12.8. The number of nitrogens with zero attached hydrogens (tertiary/aromatic N) is 2. The van der Waals surface area contributed by atoms with E-state index in [9.17, 15) is 0 Å². The topological polar surface area (TPSA) is 58.1 Å². The second-order valence-electron chi connectivity index (χ2n) is 6.20. The van der Waals surface area contributed by atoms with Crippen LogP contribution < -0.4 is 15.5 Å². The van der Waals surface area contributed by atoms with Crippen LogP contribution in [0.1, 0.15) is 31.7 Å². The maximum atomic E-state index is 5.70. The molecule has 1 fully saturated rings. The van der Waals surface area contributed by atoms with Crippen molar-refractivity contribution in [2.75, 3.05) is 46.0 Å². The van der Waals surface area contributed by atoms with Crippen molar-refractivity contribution in [2.24, 2.45) is 5.10 Å². The molecule has 1 aliphatic heterocycles. The monoisotopic (exact) mass is 378 g/mol. The predicted octanol–water partition coefficient (Wildman–Crippen LogP) is 2.39. The van der Waals surface area contributed by atoms with E-state index in [0.29, 0.717) is 5.11 Å². The van der Waals surface area contributed by atoms with E-state index < -0.39 is 0 Å². The van der Waals surface area contributed by atoms with Gasteiger partial charge in [-0.05, 0) is 48.5 Å². The number of morpholine rings is 1. The minimum atomic E-state index is 0.533. The number of ether oxygens (including phenoxy) is 2. The molecule has 0 atom stereocenters. The Morgan fingerprint density at radius 1 is 1.27 bits per heavy atom. The maximum absolute atomic E-state index is 5.70. The normalized spacial score (nSPS) is 15.1. The highest BCUT2D eigenvalue weighted by Crippen LogP contribution is 2.11. The van der Waals surface area contributed by atoms with Crippen LogP contribution in [-0.2, 0) is 4.74 Å². The van der Waals surface area contributed by atoms with Gasteiger partial charge in [-0.3, -0.25) is 10.3 Å². The highest BCUT2D eigenvalue weighted by atomic mass is 32.1. The van der Waals surface area contributed by atoms with Crippen LogP contribution >= 0.6 is 12.2 Å². The molecular formula is C19H30N4O2S. The van der Waals surface area contributed by atoms with E-state index in [1.54, 1.807) is 6.21 Å². The van der Waals surface area contributed by atoms with Crippen molar-refractivity contribution in [3.63, 3.8) is 0 Å². The first-order valence-electron chi connectivity index (χ1n) is 9.38. The Balaban J connectivity index is 1.60. The summed E-state index contributed by atoms with van der Waals surface area (Å²) in [4.78, 5) is 2.36. The Kier molecular flexibility index (Phi) is 10.0. The summed E-state index contributed by atoms with van der Waals surface area (Å²) in [6.45, 7) is 8.31. The summed E-state index contributed by atoms with van der Waals surface area (Å²) in [6.07, 6.45) is 5.25. The quantitative estimate of drug-likeness (QED) is 0.282. The lowest BCUT2D eigenvalue weighted by Gasteiger charge is -2.26. The fourth-order valence-electron chi connectivity index (χ4n) is 2.55. The molecule has 2 rings (SSSR count). The molecule has 0 bridgehead atoms. The molecule has 0 aliphatic carbocycles. The van der Waals surface area contributed by atoms with Gasteiger partial charge in [0.05, 0.1) is 26.0 Å². The summed E-state index contributed by atoms with van der Waals surface area (Å²) in [6, 6.07) is 7.89. The van der Waals surface area contributed by atoms with Crippen LogP contribution in [0.15, 0.2) is 29.4 Å². The first kappa shape index (κ1) is 20.6. The van der Waals surface area contributed by atoms with Crippen LogP contribution in [-0.4, -0.2) is 62.2 Å². The highest BCUT2D eigenvalue weighted by molar-refractivity contribution is 7.80. The number of rotatable bonds is 10. The number of hydrazone groups is 1. The molecule has 6 nitrogen and oxygen atoms in total. The van der Waals surface area contributed by atoms with Crippen molar-refractivity contribution >= 4 is 23.5 Å². The molecule has 1 aliphatic rings. The van der Waals surface area contributed by atoms with Gasteiger partial charge in [-0.1, -0.05) is 19.8 Å². The lowest BCUT2D eigenvalue weighted by molar-refractivity contribution is 0.0389. The average molecular weight is 379 g/mol. The Labute approximate surface area is 161 Å². The number of thiocarbonyl (C=S) groups is 1. The fourth-order valence-corrected chi connectivity index (χ4v) is 2.70. The average Bonchev–Trinajstić information content (AvgIpc) is 2.67. The van der Waals surface area contributed by atoms with E-state index in [-0.39, 0.29) is 0 Å². The minimum absolute atomic E-state index is 0.533. The van der Waals surface area contributed by atoms with Crippen molar-refractivity contribution in [3.05, 3.63) is 29.8 Å². The van der Waals surface area contributed by atoms with Gasteiger partial charge in [-0.25, -0.2) is 0 Å². The molecule has 1 aromatic carbocycles. The van der Waals surface area contributed by atoms with Gasteiger partial charge in [0.15, 0.2) is 5.11 Å². The molecular weight excluding hydrogens is 348 g/mol. The molecule has 0 aromatic heterocycles. The van der Waals surface area contributed by atoms with Gasteiger partial charge >= 0.3 is 0 Å². The summed E-state index contributed by atoms with van der Waals surface area (Å²) in [5.41, 5.74) is 3.84. The lowest BCUT2D eigenvalue weighted by atomic mass is 10.2. The van der Waals surface area contributed by atoms with Gasteiger partial charge in [0.2, 0.25) is 0 Å². The van der Waals surface area contributed by atoms with Crippen molar-refractivity contribution in [3.8, 4) is 5.75 Å². The van der Waals surface area contributed by atoms with Gasteiger partial charge in [0.1, 0.15) is 5.75 Å². The van der Waals surface area contributed by atoms with E-state index in [4.69, 9.17) is 21.7 Å². The molecule has 0 amide bonds. The maximum Gasteiger partial charge on any atom is 0.187 e. The molecule has 1 saturated heterocycles. The summed E-state index contributed by atoms with van der Waals surface area (Å²) in [7, 11) is 0. The molecule has 7 heteroatoms. The van der Waals surface area contributed by atoms with Crippen LogP contribution in [0.5, 0.6) is 5.75 Å². The first-order valence-corrected chi connectivity index (χ1v) is 9.78. The molecule has 26 heavy (non-hydrogen) atoms. The van der Waals surface area contributed by atoms with E-state index in [0.717, 1.165) is 63.7 Å². The number of hydrogen-bond donors (Lipinski definition) is 2. The van der Waals surface area contributed by atoms with Crippen LogP contribution in [0.4, 0.5) is 0 Å². The zero-order valence-corrected chi connectivity index (χ0v) is 16.4. The third-order valence-corrected chi connectivity index (χ3v) is 4.33. The van der Waals surface area contributed by atoms with Gasteiger partial charge in [-0.2, -0.15) is 5.10 Å². The van der Waals surface area contributed by atoms with Gasteiger partial charge in [-0.15, -0.1) is 0 Å². The Bertz CT molecular complexity index is 545. The largest absolute Gasteiger partial charge is 0.494 e. The second-order valence-corrected chi connectivity index (χ2v) is 6.61. The standard InChI is InChI=1S/C19H30N4O2S/c1-2-3-4-13-25-18-7-5-17(6-8-18)16-21-22-19(26)20-9-10-23-11-14-24-15-12-23/h5-8,16H,2-4,9-15H2,1H3,(H2,20,22,26)/b21-16+. The Morgan fingerprint density at radius 3 is 2.77 bits per heavy atom. The molecule has 0 spiro atoms. The smallest absolute Gasteiger partial charge is 0.187 e. The van der Waals surface area contributed by atoms with Crippen molar-refractivity contribution in [1.82, 2.24) is 15.6 Å². The number of unbranched alkanes of at least 4 members (excludes halogenated alkanes) is 2. The van der Waals surface area contributed by atoms with E-state index in [1.165, 1.54) is 12.8 Å². The van der Waals surface area contributed by atoms with Gasteiger partial charge in [0.25, 0.3) is 0 Å². The summed E-state index contributed by atoms with van der Waals surface area (Å²) in [5.74, 6) is 0.895. The Hall–Kier alpha value is -1.70. The van der Waals surface area contributed by atoms with Gasteiger partial charge in [0, 0.05) is 26.2 Å². The minimum Gasteiger partial charge on any atom is -0.494 e. The third kappa shape index (κ3) is 8.60. The van der Waals surface area contributed by atoms with Crippen molar-refractivity contribution in [2.45, 2.75) is 26.2 Å². The van der Waals surface area contributed by atoms with Crippen LogP contribution in [0.25, 0.3) is 0 Å². The predicted molar refractivity (Wildman–Crippen MR) is 110 cm³/mol. The summed E-state index contributed by atoms with van der Waals surface area (Å²) in [5, 5.41) is 7.87. The van der Waals surface area contributed by atoms with Crippen molar-refractivity contribution < 1.29 is 9.47 Å². The Morgan fingerprint density at radius 2 is 2.04 bits per heavy atom. The molecule has 1 aromatic rings. The third-order valence-electron chi connectivity index (χ3n) is 4.09. The SMILES string of the molecule is CCCCCOc1ccc(/C=N/NC(=S)NCCN2CCOCC2)cc1. The van der Waals surface area contributed by atoms with E-state index in [1.807, 2.05) is 24.3 Å². The number of nitrogens with one attached hydrogen (secondary N) is 2. The van der Waals surface area contributed by atoms with Crippen LogP contribution in [0.2, 0.25) is 0 Å². The lowest BCUT2D eigenvalue weighted by Crippen LogP contribution is -2.42. The molecule has 0 unspecified atom stereocenters. The summed E-state index contributed by atoms with van der Waals surface area (Å²) < 4.78 is 11.0. The fraction of sp³-hybridized carbons (Fsp3) is 0.579. The molecule has 0 radical (unpaired) electrons. The zero-order chi connectivity index (χ0) is 18.5. The molecule has 1 heterocycles. The van der Waals surface area contributed by atoms with E-state index in [2.05, 4.69) is 27.7 Å². The number of benzene rings is 1. The van der Waals surface area contributed by atoms with E-state index >= 15 is 0 Å². The van der Waals surface area contributed by atoms with Crippen LogP contribution in [0.3, 0.4) is 0 Å². The molecule has 2 N–H and O–H groups in total.